The summed E-state index contributed by atoms with van der Waals surface area (Å²) in [5.41, 5.74) is 0. The van der Waals surface area contributed by atoms with Gasteiger partial charge in [-0.25, -0.2) is 0 Å². The largest absolute Gasteiger partial charge is 0.373 e. The highest BCUT2D eigenvalue weighted by molar-refractivity contribution is 6.28. The number of anilines is 2. The summed E-state index contributed by atoms with van der Waals surface area (Å²) in [6, 6.07) is 0.304. The average Bonchev–Trinajstić information content (AvgIpc) is 3.16. The first kappa shape index (κ1) is 12.6. The van der Waals surface area contributed by atoms with Crippen molar-refractivity contribution in [2.24, 2.45) is 0 Å². The topological polar surface area (TPSA) is 63.2 Å². The third-order valence-electron chi connectivity index (χ3n) is 4.41. The molecule has 1 N–H and O–H groups in total. The Labute approximate surface area is 122 Å². The quantitative estimate of drug-likeness (QED) is 0.918. The van der Waals surface area contributed by atoms with Crippen LogP contribution in [0, 0.1) is 0 Å². The lowest BCUT2D eigenvalue weighted by Crippen LogP contribution is -2.31. The maximum absolute atomic E-state index is 6.03. The second-order valence-electron chi connectivity index (χ2n) is 5.78. The van der Waals surface area contributed by atoms with Crippen LogP contribution in [0.4, 0.5) is 11.9 Å². The minimum Gasteiger partial charge on any atom is -0.373 e. The molecule has 0 aliphatic carbocycles. The predicted molar refractivity (Wildman–Crippen MR) is 76.2 cm³/mol. The minimum absolute atomic E-state index is 0.258. The fourth-order valence-electron chi connectivity index (χ4n) is 3.42. The molecule has 20 heavy (non-hydrogen) atoms. The molecule has 2 bridgehead atoms. The van der Waals surface area contributed by atoms with Crippen LogP contribution in [-0.2, 0) is 4.74 Å². The van der Waals surface area contributed by atoms with Crippen LogP contribution in [0.5, 0.6) is 0 Å². The highest BCUT2D eigenvalue weighted by atomic mass is 35.5. The second kappa shape index (κ2) is 5.00. The molecule has 0 spiro atoms. The molecular formula is C13H18ClN5O. The summed E-state index contributed by atoms with van der Waals surface area (Å²) in [7, 11) is 0. The normalized spacial score (nSPS) is 32.0. The van der Waals surface area contributed by atoms with E-state index in [2.05, 4.69) is 25.2 Å². The number of halogens is 1. The molecule has 0 saturated carbocycles. The maximum atomic E-state index is 6.03. The van der Waals surface area contributed by atoms with Crippen LogP contribution in [-0.4, -0.2) is 46.3 Å². The number of ether oxygens (including phenoxy) is 1. The van der Waals surface area contributed by atoms with Gasteiger partial charge in [-0.05, 0) is 43.7 Å². The molecule has 3 saturated heterocycles. The van der Waals surface area contributed by atoms with E-state index in [-0.39, 0.29) is 5.28 Å². The zero-order valence-corrected chi connectivity index (χ0v) is 12.0. The van der Waals surface area contributed by atoms with Crippen molar-refractivity contribution < 1.29 is 4.74 Å². The van der Waals surface area contributed by atoms with E-state index in [1.54, 1.807) is 0 Å². The number of fused-ring (bicyclic) bond motifs is 2. The smallest absolute Gasteiger partial charge is 0.231 e. The van der Waals surface area contributed by atoms with Crippen LogP contribution in [0.1, 0.15) is 32.1 Å². The van der Waals surface area contributed by atoms with Crippen LogP contribution in [0.3, 0.4) is 0 Å². The number of aromatic nitrogens is 3. The standard InChI is InChI=1S/C13H18ClN5O/c14-11-16-12(15-9-7-8-3-4-10(9)20-8)18-13(17-11)19-5-1-2-6-19/h8-10H,1-7H2,(H,15,16,17,18). The SMILES string of the molecule is Clc1nc(NC2CC3CCC2O3)nc(N2CCCC2)n1. The van der Waals surface area contributed by atoms with E-state index in [1.165, 1.54) is 19.3 Å². The van der Waals surface area contributed by atoms with E-state index in [0.29, 0.717) is 30.1 Å². The lowest BCUT2D eigenvalue weighted by Gasteiger charge is -2.21. The number of hydrogen-bond acceptors (Lipinski definition) is 6. The van der Waals surface area contributed by atoms with Crippen molar-refractivity contribution >= 4 is 23.5 Å². The Balaban J connectivity index is 1.52. The summed E-state index contributed by atoms with van der Waals surface area (Å²) in [5.74, 6) is 1.27. The van der Waals surface area contributed by atoms with Crippen LogP contribution in [0.2, 0.25) is 5.28 Å². The second-order valence-corrected chi connectivity index (χ2v) is 6.12. The minimum atomic E-state index is 0.258. The van der Waals surface area contributed by atoms with Gasteiger partial charge in [0.1, 0.15) is 0 Å². The van der Waals surface area contributed by atoms with Gasteiger partial charge >= 0.3 is 0 Å². The summed E-state index contributed by atoms with van der Waals surface area (Å²) < 4.78 is 5.84. The molecule has 7 heteroatoms. The van der Waals surface area contributed by atoms with Crippen molar-refractivity contribution in [3.05, 3.63) is 5.28 Å². The molecule has 3 aliphatic heterocycles. The Morgan fingerprint density at radius 3 is 2.70 bits per heavy atom. The Bertz CT molecular complexity index is 508. The molecule has 4 rings (SSSR count). The van der Waals surface area contributed by atoms with E-state index in [4.69, 9.17) is 16.3 Å². The van der Waals surface area contributed by atoms with Crippen LogP contribution in [0.15, 0.2) is 0 Å². The molecule has 1 aromatic rings. The first-order chi connectivity index (χ1) is 9.78. The van der Waals surface area contributed by atoms with Gasteiger partial charge in [0.2, 0.25) is 17.2 Å². The van der Waals surface area contributed by atoms with E-state index >= 15 is 0 Å². The van der Waals surface area contributed by atoms with Gasteiger partial charge in [-0.3, -0.25) is 0 Å². The molecule has 6 nitrogen and oxygen atoms in total. The lowest BCUT2D eigenvalue weighted by molar-refractivity contribution is 0.102. The third kappa shape index (κ3) is 2.31. The molecular weight excluding hydrogens is 278 g/mol. The summed E-state index contributed by atoms with van der Waals surface area (Å²) in [4.78, 5) is 15.1. The number of rotatable bonds is 3. The summed E-state index contributed by atoms with van der Waals surface area (Å²) >= 11 is 6.03. The molecule has 3 aliphatic rings. The zero-order valence-electron chi connectivity index (χ0n) is 11.3. The molecule has 0 amide bonds. The van der Waals surface area contributed by atoms with Gasteiger partial charge in [0.05, 0.1) is 18.2 Å². The van der Waals surface area contributed by atoms with Crippen molar-refractivity contribution in [3.8, 4) is 0 Å². The van der Waals surface area contributed by atoms with Gasteiger partial charge in [0.15, 0.2) is 0 Å². The Hall–Kier alpha value is -1.14. The Morgan fingerprint density at radius 1 is 1.15 bits per heavy atom. The first-order valence-corrected chi connectivity index (χ1v) is 7.74. The lowest BCUT2D eigenvalue weighted by atomic mass is 9.96. The van der Waals surface area contributed by atoms with Gasteiger partial charge in [-0.2, -0.15) is 15.0 Å². The van der Waals surface area contributed by atoms with Gasteiger partial charge < -0.3 is 15.0 Å². The highest BCUT2D eigenvalue weighted by Gasteiger charge is 2.41. The summed E-state index contributed by atoms with van der Waals surface area (Å²) in [6.45, 7) is 1.99. The van der Waals surface area contributed by atoms with Crippen LogP contribution >= 0.6 is 11.6 Å². The van der Waals surface area contributed by atoms with Crippen molar-refractivity contribution in [3.63, 3.8) is 0 Å². The monoisotopic (exact) mass is 295 g/mol. The zero-order chi connectivity index (χ0) is 13.5. The van der Waals surface area contributed by atoms with Crippen LogP contribution in [0.25, 0.3) is 0 Å². The molecule has 4 heterocycles. The van der Waals surface area contributed by atoms with E-state index in [0.717, 1.165) is 25.9 Å². The molecule has 3 atom stereocenters. The van der Waals surface area contributed by atoms with Crippen LogP contribution < -0.4 is 10.2 Å². The molecule has 108 valence electrons. The molecule has 3 unspecified atom stereocenters. The fraction of sp³-hybridized carbons (Fsp3) is 0.769. The molecule has 1 aromatic heterocycles. The summed E-state index contributed by atoms with van der Waals surface area (Å²) in [5, 5.41) is 3.64. The number of nitrogens with zero attached hydrogens (tertiary/aromatic N) is 4. The van der Waals surface area contributed by atoms with E-state index in [1.807, 2.05) is 0 Å². The van der Waals surface area contributed by atoms with E-state index < -0.39 is 0 Å². The van der Waals surface area contributed by atoms with Gasteiger partial charge in [-0.15, -0.1) is 0 Å². The van der Waals surface area contributed by atoms with Gasteiger partial charge in [0, 0.05) is 13.1 Å². The highest BCUT2D eigenvalue weighted by Crippen LogP contribution is 2.35. The predicted octanol–water partition coefficient (Wildman–Crippen LogP) is 1.86. The van der Waals surface area contributed by atoms with Gasteiger partial charge in [0.25, 0.3) is 0 Å². The number of hydrogen-bond donors (Lipinski definition) is 1. The van der Waals surface area contributed by atoms with Crippen molar-refractivity contribution in [1.29, 1.82) is 0 Å². The average molecular weight is 296 g/mol. The summed E-state index contributed by atoms with van der Waals surface area (Å²) in [6.07, 6.45) is 6.42. The third-order valence-corrected chi connectivity index (χ3v) is 4.57. The first-order valence-electron chi connectivity index (χ1n) is 7.36. The molecule has 0 radical (unpaired) electrons. The molecule has 0 aromatic carbocycles. The van der Waals surface area contributed by atoms with E-state index in [9.17, 15) is 0 Å². The fourth-order valence-corrected chi connectivity index (χ4v) is 3.57. The Morgan fingerprint density at radius 2 is 2.00 bits per heavy atom. The Kier molecular flexibility index (Phi) is 3.15. The van der Waals surface area contributed by atoms with Crippen molar-refractivity contribution in [2.75, 3.05) is 23.3 Å². The van der Waals surface area contributed by atoms with Crippen molar-refractivity contribution in [2.45, 2.75) is 50.4 Å². The molecule has 3 fully saturated rings. The van der Waals surface area contributed by atoms with Gasteiger partial charge in [-0.1, -0.05) is 0 Å². The number of nitrogens with one attached hydrogen (secondary N) is 1. The van der Waals surface area contributed by atoms with Crippen molar-refractivity contribution in [1.82, 2.24) is 15.0 Å². The maximum Gasteiger partial charge on any atom is 0.231 e.